The van der Waals surface area contributed by atoms with Crippen LogP contribution in [0.2, 0.25) is 30.1 Å². The summed E-state index contributed by atoms with van der Waals surface area (Å²) in [5, 5.41) is 0.396. The number of benzene rings is 3. The fourth-order valence-electron chi connectivity index (χ4n) is 2.47. The van der Waals surface area contributed by atoms with E-state index in [0.717, 1.165) is 0 Å². The Kier molecular flexibility index (Phi) is 9.97. The Hall–Kier alpha value is 0.260. The molecule has 178 valence electrons. The summed E-state index contributed by atoms with van der Waals surface area (Å²) in [5.41, 5.74) is 0.0648. The van der Waals surface area contributed by atoms with E-state index < -0.39 is 11.9 Å². The van der Waals surface area contributed by atoms with Crippen LogP contribution in [0.5, 0.6) is 11.5 Å². The van der Waals surface area contributed by atoms with Gasteiger partial charge in [0.25, 0.3) is 0 Å². The summed E-state index contributed by atoms with van der Waals surface area (Å²) < 4.78 is 11.6. The van der Waals surface area contributed by atoms with E-state index in [4.69, 9.17) is 79.1 Å². The first-order valence-electron chi connectivity index (χ1n) is 8.44. The van der Waals surface area contributed by atoms with Gasteiger partial charge in [0.15, 0.2) is 11.5 Å². The van der Waals surface area contributed by atoms with Gasteiger partial charge in [-0.1, -0.05) is 69.6 Å². The Morgan fingerprint density at radius 3 is 1.12 bits per heavy atom. The van der Waals surface area contributed by atoms with Crippen LogP contribution < -0.4 is 9.47 Å². The van der Waals surface area contributed by atoms with Crippen molar-refractivity contribution < 1.29 is 19.1 Å². The van der Waals surface area contributed by atoms with Gasteiger partial charge in [0.05, 0.1) is 31.2 Å². The molecule has 0 aliphatic heterocycles. The Morgan fingerprint density at radius 2 is 0.824 bits per heavy atom. The summed E-state index contributed by atoms with van der Waals surface area (Å²) in [6, 6.07) is 5.66. The summed E-state index contributed by atoms with van der Waals surface area (Å²) in [7, 11) is 0. The van der Waals surface area contributed by atoms with Gasteiger partial charge in [0.1, 0.15) is 10.0 Å². The van der Waals surface area contributed by atoms with E-state index in [-0.39, 0.29) is 70.7 Å². The summed E-state index contributed by atoms with van der Waals surface area (Å²) >= 11 is 49.3. The Balaban J connectivity index is 2.00. The SMILES string of the molecule is O=C(Oc1ccc(Cl)c(Cl)c1Cl)c1c(Br)c(Br)c(C(=O)Oc2ccc(Cl)c(Cl)c2Cl)c(Br)c1Br. The van der Waals surface area contributed by atoms with Crippen LogP contribution in [-0.4, -0.2) is 11.9 Å². The highest BCUT2D eigenvalue weighted by molar-refractivity contribution is 9.14. The summed E-state index contributed by atoms with van der Waals surface area (Å²) in [5.74, 6) is -1.64. The molecule has 14 heteroatoms. The number of carbonyl (C=O) groups is 2. The Morgan fingerprint density at radius 1 is 0.529 bits per heavy atom. The molecule has 3 aromatic rings. The van der Waals surface area contributed by atoms with Crippen molar-refractivity contribution in [2.75, 3.05) is 0 Å². The number of rotatable bonds is 4. The van der Waals surface area contributed by atoms with Gasteiger partial charge in [-0.2, -0.15) is 0 Å². The van der Waals surface area contributed by atoms with E-state index in [2.05, 4.69) is 63.7 Å². The van der Waals surface area contributed by atoms with Crippen LogP contribution in [0.4, 0.5) is 0 Å². The third kappa shape index (κ3) is 5.72. The van der Waals surface area contributed by atoms with Gasteiger partial charge in [-0.3, -0.25) is 0 Å². The van der Waals surface area contributed by atoms with Gasteiger partial charge in [-0.15, -0.1) is 0 Å². The van der Waals surface area contributed by atoms with Crippen molar-refractivity contribution in [1.82, 2.24) is 0 Å². The summed E-state index contributed by atoms with van der Waals surface area (Å²) in [4.78, 5) is 26.0. The largest absolute Gasteiger partial charge is 0.421 e. The molecule has 0 aromatic heterocycles. The predicted molar refractivity (Wildman–Crippen MR) is 150 cm³/mol. The molecule has 0 radical (unpaired) electrons. The van der Waals surface area contributed by atoms with Crippen molar-refractivity contribution in [3.8, 4) is 11.5 Å². The highest BCUT2D eigenvalue weighted by Crippen LogP contribution is 2.44. The van der Waals surface area contributed by atoms with Crippen molar-refractivity contribution in [1.29, 1.82) is 0 Å². The van der Waals surface area contributed by atoms with Crippen LogP contribution >= 0.6 is 133 Å². The molecule has 0 bridgehead atoms. The van der Waals surface area contributed by atoms with Crippen molar-refractivity contribution >= 4 is 145 Å². The maximum absolute atomic E-state index is 13.0. The third-order valence-corrected chi connectivity index (χ3v) is 10.9. The van der Waals surface area contributed by atoms with Crippen LogP contribution in [0.25, 0.3) is 0 Å². The van der Waals surface area contributed by atoms with Gasteiger partial charge in [-0.05, 0) is 88.0 Å². The van der Waals surface area contributed by atoms with Crippen molar-refractivity contribution in [3.05, 3.63) is 83.4 Å². The molecule has 0 N–H and O–H groups in total. The fraction of sp³-hybridized carbons (Fsp3) is 0. The first-order valence-corrected chi connectivity index (χ1v) is 13.9. The first-order chi connectivity index (χ1) is 15.9. The second kappa shape index (κ2) is 11.8. The van der Waals surface area contributed by atoms with Crippen LogP contribution in [-0.2, 0) is 0 Å². The molecule has 0 atom stereocenters. The second-order valence-electron chi connectivity index (χ2n) is 6.13. The van der Waals surface area contributed by atoms with E-state index in [9.17, 15) is 9.59 Å². The number of halogens is 10. The summed E-state index contributed by atoms with van der Waals surface area (Å²) in [6.45, 7) is 0. The molecule has 3 rings (SSSR count). The zero-order valence-corrected chi connectivity index (χ0v) is 26.6. The van der Waals surface area contributed by atoms with Gasteiger partial charge in [0.2, 0.25) is 0 Å². The lowest BCUT2D eigenvalue weighted by molar-refractivity contribution is 0.0717. The fourth-order valence-corrected chi connectivity index (χ4v) is 6.36. The van der Waals surface area contributed by atoms with Crippen molar-refractivity contribution in [3.63, 3.8) is 0 Å². The second-order valence-corrected chi connectivity index (χ2v) is 11.6. The van der Waals surface area contributed by atoms with Crippen LogP contribution in [0.1, 0.15) is 20.7 Å². The molecule has 0 heterocycles. The Labute approximate surface area is 256 Å². The topological polar surface area (TPSA) is 52.6 Å². The van der Waals surface area contributed by atoms with Gasteiger partial charge in [-0.25, -0.2) is 9.59 Å². The smallest absolute Gasteiger partial charge is 0.345 e. The molecule has 0 amide bonds. The minimum Gasteiger partial charge on any atom is -0.421 e. The lowest BCUT2D eigenvalue weighted by Crippen LogP contribution is -2.16. The normalized spacial score (nSPS) is 10.9. The highest BCUT2D eigenvalue weighted by atomic mass is 79.9. The molecule has 0 aliphatic carbocycles. The average Bonchev–Trinajstić information content (AvgIpc) is 2.79. The summed E-state index contributed by atoms with van der Waals surface area (Å²) in [6.07, 6.45) is 0. The number of hydrogen-bond acceptors (Lipinski definition) is 4. The van der Waals surface area contributed by atoms with E-state index in [1.807, 2.05) is 0 Å². The molecule has 3 aromatic carbocycles. The lowest BCUT2D eigenvalue weighted by atomic mass is 10.1. The molecular weight excluding hydrogens is 837 g/mol. The zero-order chi connectivity index (χ0) is 25.5. The molecular formula is C20H4Br4Cl6O4. The molecule has 4 nitrogen and oxygen atoms in total. The van der Waals surface area contributed by atoms with Crippen molar-refractivity contribution in [2.45, 2.75) is 0 Å². The quantitative estimate of drug-likeness (QED) is 0.114. The maximum atomic E-state index is 13.0. The minimum atomic E-state index is -0.812. The van der Waals surface area contributed by atoms with E-state index in [1.54, 1.807) is 0 Å². The van der Waals surface area contributed by atoms with Gasteiger partial charge in [0, 0.05) is 17.9 Å². The van der Waals surface area contributed by atoms with E-state index >= 15 is 0 Å². The third-order valence-electron chi connectivity index (χ3n) is 4.08. The number of ether oxygens (including phenoxy) is 2. The standard InChI is InChI=1S/C20H4Br4Cl6O4/c21-11-9(19(31)33-7-3-1-5(25)15(27)17(7)29)12(22)14(24)10(13(11)23)20(32)34-8-4-2-6(26)16(28)18(8)30/h1-4H. The van der Waals surface area contributed by atoms with Crippen LogP contribution in [0.3, 0.4) is 0 Å². The minimum absolute atomic E-state index is 0.00939. The number of carbonyl (C=O) groups excluding carboxylic acids is 2. The first kappa shape index (κ1) is 28.8. The number of esters is 2. The van der Waals surface area contributed by atoms with Crippen LogP contribution in [0.15, 0.2) is 42.2 Å². The number of hydrogen-bond donors (Lipinski definition) is 0. The molecule has 0 saturated carbocycles. The van der Waals surface area contributed by atoms with E-state index in [1.165, 1.54) is 24.3 Å². The molecule has 0 saturated heterocycles. The molecule has 34 heavy (non-hydrogen) atoms. The Bertz CT molecular complexity index is 1230. The maximum Gasteiger partial charge on any atom is 0.345 e. The highest BCUT2D eigenvalue weighted by Gasteiger charge is 2.30. The lowest BCUT2D eigenvalue weighted by Gasteiger charge is -2.16. The van der Waals surface area contributed by atoms with Crippen molar-refractivity contribution in [2.24, 2.45) is 0 Å². The van der Waals surface area contributed by atoms with Gasteiger partial charge < -0.3 is 9.47 Å². The predicted octanol–water partition coefficient (Wildman–Crippen LogP) is 11.1. The van der Waals surface area contributed by atoms with E-state index in [0.29, 0.717) is 0 Å². The van der Waals surface area contributed by atoms with Gasteiger partial charge >= 0.3 is 11.9 Å². The average molecular weight is 841 g/mol. The monoisotopic (exact) mass is 833 g/mol. The zero-order valence-electron chi connectivity index (χ0n) is 15.7. The molecule has 0 fully saturated rings. The molecule has 0 unspecified atom stereocenters. The molecule has 0 aliphatic rings. The molecule has 0 spiro atoms. The van der Waals surface area contributed by atoms with Crippen LogP contribution in [0, 0.1) is 0 Å².